The summed E-state index contributed by atoms with van der Waals surface area (Å²) >= 11 is 0. The van der Waals surface area contributed by atoms with E-state index in [1.165, 1.54) is 5.56 Å². The second-order valence-electron chi connectivity index (χ2n) is 4.72. The average Bonchev–Trinajstić information content (AvgIpc) is 2.78. The second kappa shape index (κ2) is 4.14. The molecule has 0 bridgehead atoms. The topological polar surface area (TPSA) is 29.5 Å². The minimum Gasteiger partial charge on any atom is -0.496 e. The van der Waals surface area contributed by atoms with Gasteiger partial charge in [0.25, 0.3) is 0 Å². The molecule has 2 aromatic rings. The highest BCUT2D eigenvalue weighted by Crippen LogP contribution is 2.44. The molecule has 0 fully saturated rings. The van der Waals surface area contributed by atoms with Crippen LogP contribution in [0.5, 0.6) is 5.75 Å². The molecular weight excluding hydrogens is 224 g/mol. The molecule has 0 saturated heterocycles. The monoisotopic (exact) mass is 240 g/mol. The Morgan fingerprint density at radius 1 is 1.00 bits per heavy atom. The zero-order chi connectivity index (χ0) is 12.6. The lowest BCUT2D eigenvalue weighted by molar-refractivity contribution is 0.0800. The summed E-state index contributed by atoms with van der Waals surface area (Å²) in [5.74, 6) is 0.747. The van der Waals surface area contributed by atoms with Crippen LogP contribution in [0.4, 0.5) is 0 Å². The van der Waals surface area contributed by atoms with Gasteiger partial charge in [0.15, 0.2) is 0 Å². The van der Waals surface area contributed by atoms with Gasteiger partial charge in [-0.2, -0.15) is 0 Å². The maximum absolute atomic E-state index is 11.0. The number of para-hydroxylation sites is 1. The molecule has 1 atom stereocenters. The van der Waals surface area contributed by atoms with Crippen LogP contribution in [0.1, 0.15) is 23.1 Å². The first-order valence-electron chi connectivity index (χ1n) is 6.20. The molecule has 0 aromatic heterocycles. The summed E-state index contributed by atoms with van der Waals surface area (Å²) in [5.41, 5.74) is 2.18. The van der Waals surface area contributed by atoms with Gasteiger partial charge in [-0.15, -0.1) is 0 Å². The Balaban J connectivity index is 2.17. The fraction of sp³-hybridized carbons (Fsp3) is 0.250. The van der Waals surface area contributed by atoms with E-state index in [2.05, 4.69) is 6.07 Å². The zero-order valence-electron chi connectivity index (χ0n) is 10.4. The summed E-state index contributed by atoms with van der Waals surface area (Å²) in [6.07, 6.45) is 1.62. The van der Waals surface area contributed by atoms with E-state index < -0.39 is 5.60 Å². The summed E-state index contributed by atoms with van der Waals surface area (Å²) in [7, 11) is 1.64. The van der Waals surface area contributed by atoms with Crippen molar-refractivity contribution in [1.82, 2.24) is 0 Å². The molecule has 0 radical (unpaired) electrons. The lowest BCUT2D eigenvalue weighted by Crippen LogP contribution is -2.24. The predicted octanol–water partition coefficient (Wildman–Crippen LogP) is 2.88. The smallest absolute Gasteiger partial charge is 0.125 e. The first-order chi connectivity index (χ1) is 8.75. The van der Waals surface area contributed by atoms with Crippen molar-refractivity contribution in [2.45, 2.75) is 18.4 Å². The van der Waals surface area contributed by atoms with Crippen LogP contribution in [-0.2, 0) is 12.0 Å². The molecule has 2 nitrogen and oxygen atoms in total. The lowest BCUT2D eigenvalue weighted by Gasteiger charge is -2.26. The maximum atomic E-state index is 11.0. The molecular formula is C16H16O2. The van der Waals surface area contributed by atoms with Crippen LogP contribution in [0.25, 0.3) is 0 Å². The van der Waals surface area contributed by atoms with E-state index in [9.17, 15) is 5.11 Å². The molecule has 2 aromatic carbocycles. The SMILES string of the molecule is COc1ccccc1C1(O)CCc2ccccc21. The molecule has 2 heteroatoms. The number of fused-ring (bicyclic) bond motifs is 1. The number of hydrogen-bond donors (Lipinski definition) is 1. The van der Waals surface area contributed by atoms with E-state index >= 15 is 0 Å². The van der Waals surface area contributed by atoms with Crippen molar-refractivity contribution in [3.8, 4) is 5.75 Å². The van der Waals surface area contributed by atoms with Crippen LogP contribution in [0.3, 0.4) is 0 Å². The van der Waals surface area contributed by atoms with Gasteiger partial charge >= 0.3 is 0 Å². The molecule has 1 aliphatic carbocycles. The summed E-state index contributed by atoms with van der Waals surface area (Å²) < 4.78 is 5.38. The third-order valence-corrected chi connectivity index (χ3v) is 3.77. The summed E-state index contributed by atoms with van der Waals surface area (Å²) in [6, 6.07) is 15.8. The molecule has 3 rings (SSSR count). The van der Waals surface area contributed by atoms with Crippen LogP contribution in [0, 0.1) is 0 Å². The van der Waals surface area contributed by atoms with Crippen molar-refractivity contribution in [3.63, 3.8) is 0 Å². The van der Waals surface area contributed by atoms with Gasteiger partial charge in [-0.05, 0) is 30.0 Å². The van der Waals surface area contributed by atoms with E-state index in [1.54, 1.807) is 7.11 Å². The van der Waals surface area contributed by atoms with Crippen LogP contribution < -0.4 is 4.74 Å². The summed E-state index contributed by atoms with van der Waals surface area (Å²) in [5, 5.41) is 11.0. The molecule has 18 heavy (non-hydrogen) atoms. The highest BCUT2D eigenvalue weighted by atomic mass is 16.5. The average molecular weight is 240 g/mol. The largest absolute Gasteiger partial charge is 0.496 e. The Labute approximate surface area is 107 Å². The quantitative estimate of drug-likeness (QED) is 0.874. The second-order valence-corrected chi connectivity index (χ2v) is 4.72. The van der Waals surface area contributed by atoms with Crippen molar-refractivity contribution in [1.29, 1.82) is 0 Å². The third kappa shape index (κ3) is 1.53. The Morgan fingerprint density at radius 2 is 1.67 bits per heavy atom. The Hall–Kier alpha value is -1.80. The maximum Gasteiger partial charge on any atom is 0.125 e. The molecule has 0 spiro atoms. The molecule has 0 amide bonds. The predicted molar refractivity (Wildman–Crippen MR) is 70.8 cm³/mol. The van der Waals surface area contributed by atoms with Crippen LogP contribution in [-0.4, -0.2) is 12.2 Å². The van der Waals surface area contributed by atoms with E-state index in [-0.39, 0.29) is 0 Å². The van der Waals surface area contributed by atoms with Gasteiger partial charge in [-0.25, -0.2) is 0 Å². The number of aryl methyl sites for hydroxylation is 1. The Morgan fingerprint density at radius 3 is 2.44 bits per heavy atom. The first kappa shape index (κ1) is 11.3. The normalized spacial score (nSPS) is 21.7. The number of ether oxygens (including phenoxy) is 1. The molecule has 0 saturated carbocycles. The van der Waals surface area contributed by atoms with Gasteiger partial charge in [0.05, 0.1) is 7.11 Å². The number of methoxy groups -OCH3 is 1. The van der Waals surface area contributed by atoms with Crippen molar-refractivity contribution in [3.05, 3.63) is 65.2 Å². The minimum atomic E-state index is -0.913. The van der Waals surface area contributed by atoms with Gasteiger partial charge in [-0.3, -0.25) is 0 Å². The van der Waals surface area contributed by atoms with E-state index in [0.717, 1.165) is 23.3 Å². The first-order valence-corrected chi connectivity index (χ1v) is 6.20. The van der Waals surface area contributed by atoms with Gasteiger partial charge < -0.3 is 9.84 Å². The molecule has 1 aliphatic rings. The molecule has 0 aliphatic heterocycles. The van der Waals surface area contributed by atoms with Crippen molar-refractivity contribution in [2.24, 2.45) is 0 Å². The number of rotatable bonds is 2. The number of benzene rings is 2. The van der Waals surface area contributed by atoms with Crippen molar-refractivity contribution >= 4 is 0 Å². The molecule has 1 N–H and O–H groups in total. The van der Waals surface area contributed by atoms with Gasteiger partial charge in [0.2, 0.25) is 0 Å². The molecule has 92 valence electrons. The van der Waals surface area contributed by atoms with Crippen molar-refractivity contribution < 1.29 is 9.84 Å². The Kier molecular flexibility index (Phi) is 2.60. The van der Waals surface area contributed by atoms with Crippen LogP contribution >= 0.6 is 0 Å². The van der Waals surface area contributed by atoms with Gasteiger partial charge in [-0.1, -0.05) is 42.5 Å². The Bertz CT molecular complexity index is 577. The molecule has 0 heterocycles. The van der Waals surface area contributed by atoms with E-state index in [4.69, 9.17) is 4.74 Å². The standard InChI is InChI=1S/C16H16O2/c1-18-15-9-5-4-8-14(15)16(17)11-10-12-6-2-3-7-13(12)16/h2-9,17H,10-11H2,1H3. The number of aliphatic hydroxyl groups is 1. The zero-order valence-corrected chi connectivity index (χ0v) is 10.4. The third-order valence-electron chi connectivity index (χ3n) is 3.77. The molecule has 1 unspecified atom stereocenters. The van der Waals surface area contributed by atoms with Gasteiger partial charge in [0, 0.05) is 5.56 Å². The minimum absolute atomic E-state index is 0.715. The number of hydrogen-bond acceptors (Lipinski definition) is 2. The lowest BCUT2D eigenvalue weighted by atomic mass is 9.87. The van der Waals surface area contributed by atoms with Gasteiger partial charge in [0.1, 0.15) is 11.4 Å². The van der Waals surface area contributed by atoms with Crippen LogP contribution in [0.2, 0.25) is 0 Å². The van der Waals surface area contributed by atoms with Crippen LogP contribution in [0.15, 0.2) is 48.5 Å². The highest BCUT2D eigenvalue weighted by Gasteiger charge is 2.39. The summed E-state index contributed by atoms with van der Waals surface area (Å²) in [6.45, 7) is 0. The summed E-state index contributed by atoms with van der Waals surface area (Å²) in [4.78, 5) is 0. The fourth-order valence-corrected chi connectivity index (χ4v) is 2.86. The van der Waals surface area contributed by atoms with E-state index in [1.807, 2.05) is 42.5 Å². The highest BCUT2D eigenvalue weighted by molar-refractivity contribution is 5.50. The van der Waals surface area contributed by atoms with Crippen molar-refractivity contribution in [2.75, 3.05) is 7.11 Å². The van der Waals surface area contributed by atoms with E-state index in [0.29, 0.717) is 6.42 Å². The fourth-order valence-electron chi connectivity index (χ4n) is 2.86.